The first-order valence-corrected chi connectivity index (χ1v) is 8.00. The largest absolute Gasteiger partial charge is 0.223 e. The molecule has 1 aromatic rings. The van der Waals surface area contributed by atoms with Crippen molar-refractivity contribution in [3.05, 3.63) is 30.3 Å². The molecular weight excluding hydrogens is 232 g/mol. The highest BCUT2D eigenvalue weighted by molar-refractivity contribution is 7.92. The quantitative estimate of drug-likeness (QED) is 0.727. The number of hydrogen-bond donors (Lipinski definition) is 0. The molecule has 1 aliphatic carbocycles. The van der Waals surface area contributed by atoms with Gasteiger partial charge in [-0.15, -0.1) is 0 Å². The predicted molar refractivity (Wildman–Crippen MR) is 69.7 cm³/mol. The number of sulfone groups is 1. The first-order valence-electron chi connectivity index (χ1n) is 6.45. The number of rotatable bonds is 6. The fourth-order valence-electron chi connectivity index (χ4n) is 2.35. The van der Waals surface area contributed by atoms with Gasteiger partial charge in [-0.1, -0.05) is 44.4 Å². The second-order valence-corrected chi connectivity index (χ2v) is 7.05. The van der Waals surface area contributed by atoms with Crippen molar-refractivity contribution in [3.8, 4) is 0 Å². The minimum atomic E-state index is -3.05. The van der Waals surface area contributed by atoms with Crippen LogP contribution >= 0.6 is 0 Å². The summed E-state index contributed by atoms with van der Waals surface area (Å²) in [6.07, 6.45) is 5.52. The zero-order chi connectivity index (χ0) is 12.3. The number of unbranched alkanes of at least 4 members (excludes halogenated alkanes) is 2. The lowest BCUT2D eigenvalue weighted by molar-refractivity contribution is 0.582. The summed E-state index contributed by atoms with van der Waals surface area (Å²) >= 11 is 0. The van der Waals surface area contributed by atoms with Crippen molar-refractivity contribution in [2.75, 3.05) is 0 Å². The van der Waals surface area contributed by atoms with Gasteiger partial charge in [-0.2, -0.15) is 0 Å². The summed E-state index contributed by atoms with van der Waals surface area (Å²) in [6, 6.07) is 8.85. The van der Waals surface area contributed by atoms with Crippen LogP contribution in [-0.4, -0.2) is 13.7 Å². The molecule has 0 bridgehead atoms. The SMILES string of the molecule is CCCCCC1CC1S(=O)(=O)c1ccccc1. The van der Waals surface area contributed by atoms with Crippen LogP contribution in [0.25, 0.3) is 0 Å². The van der Waals surface area contributed by atoms with Gasteiger partial charge in [0.25, 0.3) is 0 Å². The van der Waals surface area contributed by atoms with Gasteiger partial charge in [0.05, 0.1) is 10.1 Å². The molecule has 1 fully saturated rings. The summed E-state index contributed by atoms with van der Waals surface area (Å²) in [5, 5.41) is -0.109. The minimum absolute atomic E-state index is 0.109. The number of hydrogen-bond acceptors (Lipinski definition) is 2. The van der Waals surface area contributed by atoms with Crippen molar-refractivity contribution in [2.24, 2.45) is 5.92 Å². The fourth-order valence-corrected chi connectivity index (χ4v) is 4.37. The van der Waals surface area contributed by atoms with Crippen molar-refractivity contribution in [3.63, 3.8) is 0 Å². The molecule has 2 atom stereocenters. The lowest BCUT2D eigenvalue weighted by Crippen LogP contribution is -2.09. The Labute approximate surface area is 104 Å². The monoisotopic (exact) mass is 252 g/mol. The van der Waals surface area contributed by atoms with Gasteiger partial charge in [-0.25, -0.2) is 8.42 Å². The van der Waals surface area contributed by atoms with E-state index in [1.54, 1.807) is 24.3 Å². The molecule has 0 N–H and O–H groups in total. The van der Waals surface area contributed by atoms with Crippen LogP contribution in [0.5, 0.6) is 0 Å². The van der Waals surface area contributed by atoms with Crippen LogP contribution in [0, 0.1) is 5.92 Å². The molecule has 3 heteroatoms. The van der Waals surface area contributed by atoms with Gasteiger partial charge in [0.2, 0.25) is 0 Å². The van der Waals surface area contributed by atoms with E-state index in [0.717, 1.165) is 12.8 Å². The maximum absolute atomic E-state index is 12.2. The molecule has 0 aliphatic heterocycles. The highest BCUT2D eigenvalue weighted by Crippen LogP contribution is 2.43. The average Bonchev–Trinajstić information content (AvgIpc) is 3.11. The van der Waals surface area contributed by atoms with E-state index in [2.05, 4.69) is 6.92 Å². The van der Waals surface area contributed by atoms with Gasteiger partial charge < -0.3 is 0 Å². The van der Waals surface area contributed by atoms with Crippen molar-refractivity contribution in [1.82, 2.24) is 0 Å². The Morgan fingerprint density at radius 2 is 1.88 bits per heavy atom. The van der Waals surface area contributed by atoms with Crippen LogP contribution in [0.3, 0.4) is 0 Å². The van der Waals surface area contributed by atoms with Gasteiger partial charge >= 0.3 is 0 Å². The molecule has 1 aromatic carbocycles. The molecule has 0 radical (unpaired) electrons. The summed E-state index contributed by atoms with van der Waals surface area (Å²) in [4.78, 5) is 0.489. The van der Waals surface area contributed by atoms with Gasteiger partial charge in [0, 0.05) is 0 Å². The molecule has 94 valence electrons. The minimum Gasteiger partial charge on any atom is -0.223 e. The second kappa shape index (κ2) is 5.21. The molecule has 2 nitrogen and oxygen atoms in total. The Kier molecular flexibility index (Phi) is 3.87. The molecular formula is C14H20O2S. The third-order valence-electron chi connectivity index (χ3n) is 3.51. The highest BCUT2D eigenvalue weighted by Gasteiger charge is 2.46. The molecule has 1 aliphatic rings. The molecule has 0 amide bonds. The molecule has 0 spiro atoms. The van der Waals surface area contributed by atoms with Gasteiger partial charge in [0.1, 0.15) is 0 Å². The maximum atomic E-state index is 12.2. The van der Waals surface area contributed by atoms with E-state index in [4.69, 9.17) is 0 Å². The molecule has 0 heterocycles. The zero-order valence-corrected chi connectivity index (χ0v) is 11.1. The molecule has 17 heavy (non-hydrogen) atoms. The van der Waals surface area contributed by atoms with E-state index < -0.39 is 9.84 Å². The number of benzene rings is 1. The summed E-state index contributed by atoms with van der Waals surface area (Å²) in [6.45, 7) is 2.17. The van der Waals surface area contributed by atoms with E-state index in [-0.39, 0.29) is 5.25 Å². The highest BCUT2D eigenvalue weighted by atomic mass is 32.2. The van der Waals surface area contributed by atoms with Crippen molar-refractivity contribution in [1.29, 1.82) is 0 Å². The lowest BCUT2D eigenvalue weighted by Gasteiger charge is -2.03. The topological polar surface area (TPSA) is 34.1 Å². The van der Waals surface area contributed by atoms with Crippen molar-refractivity contribution >= 4 is 9.84 Å². The summed E-state index contributed by atoms with van der Waals surface area (Å²) in [7, 11) is -3.05. The Morgan fingerprint density at radius 3 is 2.53 bits per heavy atom. The third kappa shape index (κ3) is 2.89. The first kappa shape index (κ1) is 12.6. The lowest BCUT2D eigenvalue weighted by atomic mass is 10.1. The third-order valence-corrected chi connectivity index (χ3v) is 5.81. The zero-order valence-electron chi connectivity index (χ0n) is 10.3. The van der Waals surface area contributed by atoms with Crippen LogP contribution in [0.4, 0.5) is 0 Å². The van der Waals surface area contributed by atoms with Crippen LogP contribution in [0.15, 0.2) is 35.2 Å². The van der Waals surface area contributed by atoms with Gasteiger partial charge in [-0.05, 0) is 30.9 Å². The normalized spacial score (nSPS) is 23.6. The van der Waals surface area contributed by atoms with E-state index in [1.165, 1.54) is 19.3 Å². The smallest absolute Gasteiger partial charge is 0.181 e. The summed E-state index contributed by atoms with van der Waals surface area (Å²) in [5.41, 5.74) is 0. The van der Waals surface area contributed by atoms with Gasteiger partial charge in [-0.3, -0.25) is 0 Å². The molecule has 2 unspecified atom stereocenters. The molecule has 0 aromatic heterocycles. The Bertz CT molecular complexity index is 450. The fraction of sp³-hybridized carbons (Fsp3) is 0.571. The van der Waals surface area contributed by atoms with Crippen LogP contribution < -0.4 is 0 Å². The van der Waals surface area contributed by atoms with E-state index >= 15 is 0 Å². The average molecular weight is 252 g/mol. The predicted octanol–water partition coefficient (Wildman–Crippen LogP) is 3.43. The molecule has 2 rings (SSSR count). The Balaban J connectivity index is 1.96. The second-order valence-electron chi connectivity index (χ2n) is 4.89. The van der Waals surface area contributed by atoms with E-state index in [0.29, 0.717) is 10.8 Å². The standard InChI is InChI=1S/C14H20O2S/c1-2-3-5-8-12-11-14(12)17(15,16)13-9-6-4-7-10-13/h4,6-7,9-10,12,14H,2-3,5,8,11H2,1H3. The van der Waals surface area contributed by atoms with Crippen LogP contribution in [0.1, 0.15) is 39.0 Å². The first-order chi connectivity index (χ1) is 8.16. The van der Waals surface area contributed by atoms with E-state index in [9.17, 15) is 8.42 Å². The Morgan fingerprint density at radius 1 is 1.18 bits per heavy atom. The maximum Gasteiger partial charge on any atom is 0.181 e. The van der Waals surface area contributed by atoms with Gasteiger partial charge in [0.15, 0.2) is 9.84 Å². The van der Waals surface area contributed by atoms with Crippen molar-refractivity contribution in [2.45, 2.75) is 49.2 Å². The van der Waals surface area contributed by atoms with Crippen LogP contribution in [-0.2, 0) is 9.84 Å². The Hall–Kier alpha value is -0.830. The molecule has 0 saturated heterocycles. The van der Waals surface area contributed by atoms with Crippen LogP contribution in [0.2, 0.25) is 0 Å². The van der Waals surface area contributed by atoms with E-state index in [1.807, 2.05) is 6.07 Å². The van der Waals surface area contributed by atoms with Crippen molar-refractivity contribution < 1.29 is 8.42 Å². The summed E-state index contributed by atoms with van der Waals surface area (Å²) < 4.78 is 24.5. The summed E-state index contributed by atoms with van der Waals surface area (Å²) in [5.74, 6) is 0.409. The molecule has 1 saturated carbocycles.